The molecule has 0 heterocycles. The SMILES string of the molecule is NCC1c2ccccc2C(F)(F)C(F)(F)c2ccc(Cl)cc21. The molecule has 0 radical (unpaired) electrons. The first-order valence-electron chi connectivity index (χ1n) is 6.65. The van der Waals surface area contributed by atoms with E-state index in [1.165, 1.54) is 30.3 Å². The molecule has 2 N–H and O–H groups in total. The number of nitrogens with two attached hydrogens (primary N) is 1. The average molecular weight is 330 g/mol. The molecule has 6 heteroatoms. The normalized spacial score (nSPS) is 21.6. The van der Waals surface area contributed by atoms with Gasteiger partial charge in [0.25, 0.3) is 0 Å². The van der Waals surface area contributed by atoms with Gasteiger partial charge in [-0.25, -0.2) is 0 Å². The Labute approximate surface area is 129 Å². The van der Waals surface area contributed by atoms with Crippen molar-refractivity contribution in [1.82, 2.24) is 0 Å². The molecule has 0 saturated carbocycles. The molecule has 1 unspecified atom stereocenters. The zero-order valence-electron chi connectivity index (χ0n) is 11.3. The zero-order chi connectivity index (χ0) is 16.1. The Morgan fingerprint density at radius 1 is 0.909 bits per heavy atom. The molecule has 0 aromatic heterocycles. The summed E-state index contributed by atoms with van der Waals surface area (Å²) in [5.74, 6) is -9.42. The first kappa shape index (κ1) is 15.3. The van der Waals surface area contributed by atoms with Crippen molar-refractivity contribution in [3.63, 3.8) is 0 Å². The number of alkyl halides is 4. The Balaban J connectivity index is 2.43. The summed E-state index contributed by atoms with van der Waals surface area (Å²) in [5.41, 5.74) is 4.43. The van der Waals surface area contributed by atoms with Crippen molar-refractivity contribution >= 4 is 11.6 Å². The third kappa shape index (κ3) is 1.96. The highest BCUT2D eigenvalue weighted by atomic mass is 35.5. The van der Waals surface area contributed by atoms with E-state index in [2.05, 4.69) is 0 Å². The molecule has 0 aliphatic heterocycles. The lowest BCUT2D eigenvalue weighted by atomic mass is 9.88. The van der Waals surface area contributed by atoms with Crippen LogP contribution in [0.3, 0.4) is 0 Å². The van der Waals surface area contributed by atoms with Crippen LogP contribution in [-0.4, -0.2) is 6.54 Å². The number of hydrogen-bond donors (Lipinski definition) is 1. The molecular formula is C16H12ClF4N. The summed E-state index contributed by atoms with van der Waals surface area (Å²) in [4.78, 5) is 0. The van der Waals surface area contributed by atoms with E-state index < -0.39 is 28.9 Å². The van der Waals surface area contributed by atoms with Crippen LogP contribution >= 0.6 is 11.6 Å². The zero-order valence-corrected chi connectivity index (χ0v) is 12.0. The molecule has 22 heavy (non-hydrogen) atoms. The van der Waals surface area contributed by atoms with Crippen LogP contribution in [-0.2, 0) is 11.8 Å². The van der Waals surface area contributed by atoms with Crippen molar-refractivity contribution in [3.8, 4) is 0 Å². The van der Waals surface area contributed by atoms with Crippen LogP contribution in [0, 0.1) is 0 Å². The average Bonchev–Trinajstić information content (AvgIpc) is 2.52. The van der Waals surface area contributed by atoms with Gasteiger partial charge in [0.2, 0.25) is 0 Å². The molecule has 1 aliphatic carbocycles. The number of benzene rings is 2. The molecule has 0 bridgehead atoms. The fourth-order valence-electron chi connectivity index (χ4n) is 2.95. The smallest absolute Gasteiger partial charge is 0.330 e. The van der Waals surface area contributed by atoms with E-state index in [1.54, 1.807) is 0 Å². The highest BCUT2D eigenvalue weighted by molar-refractivity contribution is 6.30. The Morgan fingerprint density at radius 3 is 2.14 bits per heavy atom. The third-order valence-electron chi connectivity index (χ3n) is 4.03. The van der Waals surface area contributed by atoms with Gasteiger partial charge in [0.05, 0.1) is 0 Å². The fourth-order valence-corrected chi connectivity index (χ4v) is 3.13. The predicted molar refractivity (Wildman–Crippen MR) is 76.6 cm³/mol. The number of rotatable bonds is 1. The summed E-state index contributed by atoms with van der Waals surface area (Å²) < 4.78 is 58.0. The van der Waals surface area contributed by atoms with E-state index in [0.29, 0.717) is 0 Å². The maximum atomic E-state index is 14.5. The van der Waals surface area contributed by atoms with Crippen molar-refractivity contribution in [3.05, 3.63) is 69.7 Å². The predicted octanol–water partition coefficient (Wildman–Crippen LogP) is 4.63. The molecule has 1 nitrogen and oxygen atoms in total. The second-order valence-corrected chi connectivity index (χ2v) is 5.69. The molecule has 0 saturated heterocycles. The van der Waals surface area contributed by atoms with Crippen LogP contribution in [0.15, 0.2) is 42.5 Å². The van der Waals surface area contributed by atoms with Gasteiger partial charge < -0.3 is 5.73 Å². The maximum Gasteiger partial charge on any atom is 0.340 e. The minimum Gasteiger partial charge on any atom is -0.330 e. The summed E-state index contributed by atoms with van der Waals surface area (Å²) >= 11 is 5.87. The second-order valence-electron chi connectivity index (χ2n) is 5.26. The van der Waals surface area contributed by atoms with Gasteiger partial charge in [0, 0.05) is 28.6 Å². The largest absolute Gasteiger partial charge is 0.340 e. The fraction of sp³-hybridized carbons (Fsp3) is 0.250. The van der Waals surface area contributed by atoms with E-state index in [0.717, 1.165) is 12.1 Å². The van der Waals surface area contributed by atoms with E-state index in [4.69, 9.17) is 17.3 Å². The van der Waals surface area contributed by atoms with Gasteiger partial charge in [0.1, 0.15) is 0 Å². The summed E-state index contributed by atoms with van der Waals surface area (Å²) in [6, 6.07) is 8.73. The Morgan fingerprint density at radius 2 is 1.50 bits per heavy atom. The number of halogens is 5. The molecule has 2 aromatic carbocycles. The molecule has 1 atom stereocenters. The molecular weight excluding hydrogens is 318 g/mol. The van der Waals surface area contributed by atoms with Crippen molar-refractivity contribution in [2.45, 2.75) is 17.8 Å². The quantitative estimate of drug-likeness (QED) is 0.759. The molecule has 0 spiro atoms. The summed E-state index contributed by atoms with van der Waals surface area (Å²) in [5, 5.41) is 0.204. The minimum absolute atomic E-state index is 0.0459. The molecule has 116 valence electrons. The van der Waals surface area contributed by atoms with E-state index in [-0.39, 0.29) is 22.7 Å². The van der Waals surface area contributed by atoms with Crippen LogP contribution in [0.25, 0.3) is 0 Å². The monoisotopic (exact) mass is 329 g/mol. The molecule has 0 amide bonds. The Kier molecular flexibility index (Phi) is 3.45. The number of fused-ring (bicyclic) bond motifs is 2. The molecule has 1 aliphatic rings. The highest BCUT2D eigenvalue weighted by Gasteiger charge is 2.62. The van der Waals surface area contributed by atoms with E-state index in [9.17, 15) is 17.6 Å². The lowest BCUT2D eigenvalue weighted by Gasteiger charge is -2.27. The molecule has 3 rings (SSSR count). The van der Waals surface area contributed by atoms with Crippen LogP contribution in [0.5, 0.6) is 0 Å². The Bertz CT molecular complexity index is 730. The maximum absolute atomic E-state index is 14.5. The van der Waals surface area contributed by atoms with Gasteiger partial charge in [0.15, 0.2) is 0 Å². The number of hydrogen-bond acceptors (Lipinski definition) is 1. The second kappa shape index (κ2) is 4.96. The minimum atomic E-state index is -4.34. The van der Waals surface area contributed by atoms with Crippen molar-refractivity contribution in [2.75, 3.05) is 6.54 Å². The first-order valence-corrected chi connectivity index (χ1v) is 7.03. The standard InChI is InChI=1S/C16H12ClF4N/c17-9-5-6-14-11(7-9)12(8-22)10-3-1-2-4-13(10)15(18,19)16(14,20)21/h1-7,12H,8,22H2. The van der Waals surface area contributed by atoms with E-state index in [1.807, 2.05) is 0 Å². The topological polar surface area (TPSA) is 26.0 Å². The van der Waals surface area contributed by atoms with Gasteiger partial charge in [-0.3, -0.25) is 0 Å². The van der Waals surface area contributed by atoms with Crippen LogP contribution in [0.1, 0.15) is 28.2 Å². The van der Waals surface area contributed by atoms with E-state index >= 15 is 0 Å². The summed E-state index contributed by atoms with van der Waals surface area (Å²) in [6.45, 7) is -0.0729. The molecule has 0 fully saturated rings. The van der Waals surface area contributed by atoms with Crippen molar-refractivity contribution < 1.29 is 17.6 Å². The summed E-state index contributed by atoms with van der Waals surface area (Å²) in [7, 11) is 0. The first-order chi connectivity index (χ1) is 10.3. The van der Waals surface area contributed by atoms with Crippen molar-refractivity contribution in [2.24, 2.45) is 5.73 Å². The van der Waals surface area contributed by atoms with Crippen LogP contribution < -0.4 is 5.73 Å². The van der Waals surface area contributed by atoms with Crippen LogP contribution in [0.2, 0.25) is 5.02 Å². The third-order valence-corrected chi connectivity index (χ3v) is 4.27. The Hall–Kier alpha value is -1.59. The van der Waals surface area contributed by atoms with Gasteiger partial charge >= 0.3 is 11.8 Å². The van der Waals surface area contributed by atoms with Gasteiger partial charge in [-0.05, 0) is 23.3 Å². The lowest BCUT2D eigenvalue weighted by Crippen LogP contribution is -2.35. The lowest BCUT2D eigenvalue weighted by molar-refractivity contribution is -0.223. The van der Waals surface area contributed by atoms with Gasteiger partial charge in [-0.2, -0.15) is 17.6 Å². The summed E-state index contributed by atoms with van der Waals surface area (Å²) in [6.07, 6.45) is 0. The van der Waals surface area contributed by atoms with Crippen molar-refractivity contribution in [1.29, 1.82) is 0 Å². The molecule has 2 aromatic rings. The highest BCUT2D eigenvalue weighted by Crippen LogP contribution is 2.56. The van der Waals surface area contributed by atoms with Gasteiger partial charge in [-0.15, -0.1) is 0 Å². The van der Waals surface area contributed by atoms with Gasteiger partial charge in [-0.1, -0.05) is 41.9 Å². The van der Waals surface area contributed by atoms with Crippen LogP contribution in [0.4, 0.5) is 17.6 Å².